The molecule has 3 N–H and O–H groups in total. The lowest BCUT2D eigenvalue weighted by Gasteiger charge is -2.12. The van der Waals surface area contributed by atoms with Gasteiger partial charge in [0.25, 0.3) is 0 Å². The molecule has 0 saturated heterocycles. The number of carbonyl (C=O) groups is 1. The molecule has 0 aliphatic heterocycles. The monoisotopic (exact) mass is 412 g/mol. The number of nitrogens with zero attached hydrogens (tertiary/aromatic N) is 3. The quantitative estimate of drug-likeness (QED) is 0.460. The number of rotatable bonds is 5. The molecule has 2 aromatic heterocycles. The molecule has 7 heteroatoms. The molecule has 0 fully saturated rings. The molecule has 156 valence electrons. The first-order valence-electron chi connectivity index (χ1n) is 10.5. The van der Waals surface area contributed by atoms with Crippen LogP contribution in [0.4, 0.5) is 11.5 Å². The number of aromatic amines is 1. The van der Waals surface area contributed by atoms with E-state index in [1.165, 1.54) is 11.1 Å². The number of hydrogen-bond acceptors (Lipinski definition) is 5. The van der Waals surface area contributed by atoms with E-state index in [1.54, 1.807) is 12.4 Å². The average Bonchev–Trinajstić information content (AvgIpc) is 3.39. The normalized spacial score (nSPS) is 15.3. The maximum absolute atomic E-state index is 12.4. The van der Waals surface area contributed by atoms with Gasteiger partial charge in [0.15, 0.2) is 5.82 Å². The minimum atomic E-state index is -0.000549. The van der Waals surface area contributed by atoms with Gasteiger partial charge in [-0.05, 0) is 68.1 Å². The highest BCUT2D eigenvalue weighted by atomic mass is 16.1. The first-order chi connectivity index (χ1) is 15.0. The van der Waals surface area contributed by atoms with Crippen LogP contribution in [0.3, 0.4) is 0 Å². The second-order valence-electron chi connectivity index (χ2n) is 8.31. The lowest BCUT2D eigenvalue weighted by atomic mass is 10.1. The fourth-order valence-electron chi connectivity index (χ4n) is 4.08. The van der Waals surface area contributed by atoms with Gasteiger partial charge in [-0.2, -0.15) is 5.10 Å². The molecule has 0 bridgehead atoms. The van der Waals surface area contributed by atoms with Gasteiger partial charge in [0, 0.05) is 34.8 Å². The highest BCUT2D eigenvalue weighted by Crippen LogP contribution is 2.31. The van der Waals surface area contributed by atoms with Crippen LogP contribution in [-0.4, -0.2) is 32.1 Å². The number of nitrogens with one attached hydrogen (secondary N) is 3. The van der Waals surface area contributed by atoms with Crippen LogP contribution >= 0.6 is 0 Å². The van der Waals surface area contributed by atoms with Gasteiger partial charge in [0.2, 0.25) is 5.91 Å². The summed E-state index contributed by atoms with van der Waals surface area (Å²) in [5, 5.41) is 14.4. The van der Waals surface area contributed by atoms with Crippen LogP contribution in [0.15, 0.2) is 54.9 Å². The van der Waals surface area contributed by atoms with Crippen LogP contribution in [0, 0.1) is 5.92 Å². The van der Waals surface area contributed by atoms with Crippen molar-refractivity contribution in [1.29, 1.82) is 0 Å². The highest BCUT2D eigenvalue weighted by Gasteiger charge is 2.28. The number of fused-ring (bicyclic) bond motifs is 2. The molecule has 0 spiro atoms. The molecule has 2 heterocycles. The number of aromatic nitrogens is 4. The molecule has 31 heavy (non-hydrogen) atoms. The second-order valence-corrected chi connectivity index (χ2v) is 8.31. The average molecular weight is 412 g/mol. The van der Waals surface area contributed by atoms with Gasteiger partial charge in [-0.15, -0.1) is 0 Å². The summed E-state index contributed by atoms with van der Waals surface area (Å²) in [7, 11) is 0. The van der Waals surface area contributed by atoms with Crippen molar-refractivity contribution in [2.24, 2.45) is 5.92 Å². The van der Waals surface area contributed by atoms with Crippen molar-refractivity contribution in [3.05, 3.63) is 66.0 Å². The molecule has 1 aliphatic rings. The van der Waals surface area contributed by atoms with Gasteiger partial charge in [-0.1, -0.05) is 12.1 Å². The Morgan fingerprint density at radius 2 is 1.97 bits per heavy atom. The van der Waals surface area contributed by atoms with Crippen LogP contribution in [0.2, 0.25) is 0 Å². The zero-order chi connectivity index (χ0) is 21.4. The number of H-pyrrole nitrogens is 1. The molecule has 2 aromatic carbocycles. The summed E-state index contributed by atoms with van der Waals surface area (Å²) in [6, 6.07) is 14.3. The van der Waals surface area contributed by atoms with Crippen LogP contribution in [-0.2, 0) is 17.6 Å². The third-order valence-electron chi connectivity index (χ3n) is 5.57. The molecule has 7 nitrogen and oxygen atoms in total. The van der Waals surface area contributed by atoms with Crippen molar-refractivity contribution in [1.82, 2.24) is 25.5 Å². The van der Waals surface area contributed by atoms with E-state index in [0.717, 1.165) is 40.8 Å². The standard InChI is InChI=1S/C24H24N6O/c1-14(2)27-24(31)18-9-15-3-4-16(10-17(15)11-18)23-25-8-7-22(29-23)28-20-5-6-21-19(12-20)13-26-30-21/h3-8,10,12-14,18H,9,11H2,1-2H3,(H,26,30)(H,27,31)(H,25,28,29). The summed E-state index contributed by atoms with van der Waals surface area (Å²) in [4.78, 5) is 21.6. The molecular weight excluding hydrogens is 388 g/mol. The Morgan fingerprint density at radius 3 is 2.84 bits per heavy atom. The van der Waals surface area contributed by atoms with Gasteiger partial charge >= 0.3 is 0 Å². The highest BCUT2D eigenvalue weighted by molar-refractivity contribution is 5.83. The topological polar surface area (TPSA) is 95.6 Å². The second kappa shape index (κ2) is 7.83. The van der Waals surface area contributed by atoms with E-state index in [1.807, 2.05) is 44.2 Å². The zero-order valence-electron chi connectivity index (χ0n) is 17.5. The van der Waals surface area contributed by atoms with E-state index >= 15 is 0 Å². The van der Waals surface area contributed by atoms with Gasteiger partial charge in [0.1, 0.15) is 5.82 Å². The van der Waals surface area contributed by atoms with E-state index in [2.05, 4.69) is 37.9 Å². The van der Waals surface area contributed by atoms with Crippen LogP contribution in [0.25, 0.3) is 22.3 Å². The Hall–Kier alpha value is -3.74. The maximum atomic E-state index is 12.4. The van der Waals surface area contributed by atoms with Gasteiger partial charge in [0.05, 0.1) is 11.7 Å². The van der Waals surface area contributed by atoms with E-state index in [9.17, 15) is 4.79 Å². The summed E-state index contributed by atoms with van der Waals surface area (Å²) < 4.78 is 0. The first-order valence-corrected chi connectivity index (χ1v) is 10.5. The van der Waals surface area contributed by atoms with Crippen LogP contribution in [0.1, 0.15) is 25.0 Å². The predicted molar refractivity (Wildman–Crippen MR) is 121 cm³/mol. The first kappa shape index (κ1) is 19.2. The van der Waals surface area contributed by atoms with Gasteiger partial charge in [-0.3, -0.25) is 9.89 Å². The van der Waals surface area contributed by atoms with E-state index in [-0.39, 0.29) is 17.9 Å². The molecule has 1 amide bonds. The van der Waals surface area contributed by atoms with Crippen LogP contribution < -0.4 is 10.6 Å². The minimum Gasteiger partial charge on any atom is -0.354 e. The molecule has 1 unspecified atom stereocenters. The molecule has 1 aliphatic carbocycles. The summed E-state index contributed by atoms with van der Waals surface area (Å²) in [6.45, 7) is 3.98. The summed E-state index contributed by atoms with van der Waals surface area (Å²) >= 11 is 0. The lowest BCUT2D eigenvalue weighted by molar-refractivity contribution is -0.125. The maximum Gasteiger partial charge on any atom is 0.223 e. The summed E-state index contributed by atoms with van der Waals surface area (Å²) in [5.41, 5.74) is 5.32. The number of anilines is 2. The molecule has 1 atom stereocenters. The van der Waals surface area contributed by atoms with Crippen LogP contribution in [0.5, 0.6) is 0 Å². The van der Waals surface area contributed by atoms with Crippen molar-refractivity contribution in [2.75, 3.05) is 5.32 Å². The third-order valence-corrected chi connectivity index (χ3v) is 5.57. The van der Waals surface area contributed by atoms with E-state index in [4.69, 9.17) is 4.98 Å². The predicted octanol–water partition coefficient (Wildman–Crippen LogP) is 4.00. The Kier molecular flexibility index (Phi) is 4.86. The third kappa shape index (κ3) is 3.99. The van der Waals surface area contributed by atoms with Gasteiger partial charge < -0.3 is 10.6 Å². The molecule has 0 saturated carbocycles. The fraction of sp³-hybridized carbons (Fsp3) is 0.250. The molecular formula is C24H24N6O. The van der Waals surface area contributed by atoms with Crippen molar-refractivity contribution in [3.8, 4) is 11.4 Å². The molecule has 5 rings (SSSR count). The lowest BCUT2D eigenvalue weighted by Crippen LogP contribution is -2.35. The molecule has 0 radical (unpaired) electrons. The fourth-order valence-corrected chi connectivity index (χ4v) is 4.08. The zero-order valence-corrected chi connectivity index (χ0v) is 17.5. The van der Waals surface area contributed by atoms with E-state index in [0.29, 0.717) is 5.82 Å². The Labute approximate surface area is 180 Å². The van der Waals surface area contributed by atoms with E-state index < -0.39 is 0 Å². The minimum absolute atomic E-state index is 0.000549. The number of benzene rings is 2. The smallest absolute Gasteiger partial charge is 0.223 e. The van der Waals surface area contributed by atoms with Crippen molar-refractivity contribution >= 4 is 28.3 Å². The van der Waals surface area contributed by atoms with Crippen molar-refractivity contribution in [2.45, 2.75) is 32.7 Å². The Morgan fingerprint density at radius 1 is 1.10 bits per heavy atom. The molecule has 4 aromatic rings. The largest absolute Gasteiger partial charge is 0.354 e. The number of carbonyl (C=O) groups excluding carboxylic acids is 1. The number of hydrogen-bond donors (Lipinski definition) is 3. The Bertz CT molecular complexity index is 1260. The SMILES string of the molecule is CC(C)NC(=O)C1Cc2ccc(-c3nccc(Nc4ccc5[nH]ncc5c4)n3)cc2C1. The van der Waals surface area contributed by atoms with Crippen molar-refractivity contribution in [3.63, 3.8) is 0 Å². The summed E-state index contributed by atoms with van der Waals surface area (Å²) in [6.07, 6.45) is 5.09. The van der Waals surface area contributed by atoms with Gasteiger partial charge in [-0.25, -0.2) is 9.97 Å². The number of amides is 1. The Balaban J connectivity index is 1.35. The van der Waals surface area contributed by atoms with Crippen molar-refractivity contribution < 1.29 is 4.79 Å². The summed E-state index contributed by atoms with van der Waals surface area (Å²) in [5.74, 6) is 1.51.